The van der Waals surface area contributed by atoms with Crippen molar-refractivity contribution in [2.75, 3.05) is 5.43 Å². The highest BCUT2D eigenvalue weighted by atomic mass is 79.9. The van der Waals surface area contributed by atoms with Crippen LogP contribution in [0.15, 0.2) is 31.0 Å². The average molecular weight is 418 g/mol. The molecule has 9 heteroatoms. The van der Waals surface area contributed by atoms with Crippen LogP contribution >= 0.6 is 31.9 Å². The molecule has 0 saturated heterocycles. The molecule has 0 bridgehead atoms. The number of anilines is 1. The molecule has 0 aliphatic rings. The summed E-state index contributed by atoms with van der Waals surface area (Å²) in [5.74, 6) is -0.0816. The number of phenolic OH excluding ortho intramolecular Hbond substituents is 2. The van der Waals surface area contributed by atoms with Crippen LogP contribution in [0.4, 0.5) is 5.95 Å². The number of aryl methyl sites for hydroxylation is 1. The number of rotatable bonds is 3. The van der Waals surface area contributed by atoms with Gasteiger partial charge in [-0.15, -0.1) is 0 Å². The number of aromatic nitrogens is 2. The molecular weight excluding hydrogens is 408 g/mol. The van der Waals surface area contributed by atoms with E-state index in [1.165, 1.54) is 18.3 Å². The average Bonchev–Trinajstić information content (AvgIpc) is 2.41. The lowest BCUT2D eigenvalue weighted by Gasteiger charge is -2.06. The van der Waals surface area contributed by atoms with Crippen molar-refractivity contribution in [2.24, 2.45) is 5.10 Å². The largest absolute Gasteiger partial charge is 0.506 e. The van der Waals surface area contributed by atoms with Gasteiger partial charge in [-0.25, -0.2) is 10.4 Å². The first-order valence-electron chi connectivity index (χ1n) is 5.65. The highest BCUT2D eigenvalue weighted by Gasteiger charge is 2.12. The van der Waals surface area contributed by atoms with E-state index in [1.807, 2.05) is 0 Å². The standard InChI is InChI=1S/C12H10Br2N4O3/c1-5-2-8(19)17-12(16-5)18-15-4-6-3-7(13)11(21)9(14)10(6)20/h2-4,20-21H,1H3,(H2,16,17,18,19)/b15-4-. The lowest BCUT2D eigenvalue weighted by Crippen LogP contribution is -2.10. The Bertz CT molecular complexity index is 774. The van der Waals surface area contributed by atoms with Gasteiger partial charge in [-0.3, -0.25) is 9.78 Å². The first kappa shape index (κ1) is 15.5. The lowest BCUT2D eigenvalue weighted by atomic mass is 10.2. The zero-order valence-corrected chi connectivity index (χ0v) is 13.9. The zero-order valence-electron chi connectivity index (χ0n) is 10.7. The summed E-state index contributed by atoms with van der Waals surface area (Å²) < 4.78 is 0.552. The number of phenols is 2. The quantitative estimate of drug-likeness (QED) is 0.452. The molecule has 0 amide bonds. The van der Waals surface area contributed by atoms with Crippen LogP contribution < -0.4 is 11.0 Å². The van der Waals surface area contributed by atoms with Crippen molar-refractivity contribution in [1.82, 2.24) is 9.97 Å². The van der Waals surface area contributed by atoms with Crippen LogP contribution in [0, 0.1) is 6.92 Å². The maximum atomic E-state index is 11.3. The van der Waals surface area contributed by atoms with E-state index in [0.29, 0.717) is 15.7 Å². The number of aromatic hydroxyl groups is 2. The molecule has 1 aromatic carbocycles. The van der Waals surface area contributed by atoms with Gasteiger partial charge in [-0.05, 0) is 44.8 Å². The van der Waals surface area contributed by atoms with Crippen molar-refractivity contribution in [3.05, 3.63) is 42.7 Å². The molecule has 7 nitrogen and oxygen atoms in total. The van der Waals surface area contributed by atoms with Crippen molar-refractivity contribution in [2.45, 2.75) is 6.92 Å². The van der Waals surface area contributed by atoms with Gasteiger partial charge in [0.2, 0.25) is 5.95 Å². The maximum Gasteiger partial charge on any atom is 0.252 e. The van der Waals surface area contributed by atoms with Gasteiger partial charge in [0.05, 0.1) is 10.7 Å². The summed E-state index contributed by atoms with van der Waals surface area (Å²) in [5, 5.41) is 23.4. The number of H-pyrrole nitrogens is 1. The fourth-order valence-corrected chi connectivity index (χ4v) is 2.66. The Morgan fingerprint density at radius 1 is 1.33 bits per heavy atom. The van der Waals surface area contributed by atoms with E-state index in [-0.39, 0.29) is 27.5 Å². The van der Waals surface area contributed by atoms with Crippen LogP contribution in [0.25, 0.3) is 0 Å². The minimum absolute atomic E-state index is 0.109. The Morgan fingerprint density at radius 2 is 2.05 bits per heavy atom. The Kier molecular flexibility index (Phi) is 4.63. The second kappa shape index (κ2) is 6.27. The smallest absolute Gasteiger partial charge is 0.252 e. The Hall–Kier alpha value is -1.87. The number of hydrogen-bond donors (Lipinski definition) is 4. The third kappa shape index (κ3) is 3.61. The summed E-state index contributed by atoms with van der Waals surface area (Å²) in [4.78, 5) is 17.8. The first-order valence-corrected chi connectivity index (χ1v) is 7.24. The van der Waals surface area contributed by atoms with Crippen molar-refractivity contribution < 1.29 is 10.2 Å². The van der Waals surface area contributed by atoms with E-state index in [0.717, 1.165) is 0 Å². The highest BCUT2D eigenvalue weighted by molar-refractivity contribution is 9.11. The van der Waals surface area contributed by atoms with Crippen molar-refractivity contribution in [3.8, 4) is 11.5 Å². The minimum Gasteiger partial charge on any atom is -0.506 e. The molecule has 110 valence electrons. The molecule has 0 unspecified atom stereocenters. The SMILES string of the molecule is Cc1cc(=O)[nH]c(N/N=C\c2cc(Br)c(O)c(Br)c2O)n1. The summed E-state index contributed by atoms with van der Waals surface area (Å²) >= 11 is 6.22. The fraction of sp³-hybridized carbons (Fsp3) is 0.0833. The molecule has 0 atom stereocenters. The topological polar surface area (TPSA) is 111 Å². The summed E-state index contributed by atoms with van der Waals surface area (Å²) in [6.45, 7) is 1.68. The molecule has 1 heterocycles. The molecular formula is C12H10Br2N4O3. The molecule has 0 fully saturated rings. The van der Waals surface area contributed by atoms with Crippen LogP contribution in [0.5, 0.6) is 11.5 Å². The monoisotopic (exact) mass is 416 g/mol. The second-order valence-corrected chi connectivity index (χ2v) is 5.71. The number of nitrogens with one attached hydrogen (secondary N) is 2. The van der Waals surface area contributed by atoms with Gasteiger partial charge >= 0.3 is 0 Å². The molecule has 1 aromatic heterocycles. The normalized spacial score (nSPS) is 11.0. The Morgan fingerprint density at radius 3 is 2.71 bits per heavy atom. The third-order valence-corrected chi connectivity index (χ3v) is 3.80. The highest BCUT2D eigenvalue weighted by Crippen LogP contribution is 2.40. The van der Waals surface area contributed by atoms with E-state index in [4.69, 9.17) is 0 Å². The third-order valence-electron chi connectivity index (χ3n) is 2.44. The zero-order chi connectivity index (χ0) is 15.6. The van der Waals surface area contributed by atoms with Crippen molar-refractivity contribution in [3.63, 3.8) is 0 Å². The molecule has 2 rings (SSSR count). The second-order valence-electron chi connectivity index (χ2n) is 4.06. The van der Waals surface area contributed by atoms with Gasteiger partial charge in [0.1, 0.15) is 16.0 Å². The molecule has 0 spiro atoms. The molecule has 2 aromatic rings. The van der Waals surface area contributed by atoms with E-state index in [2.05, 4.69) is 52.4 Å². The van der Waals surface area contributed by atoms with Crippen LogP contribution in [-0.2, 0) is 0 Å². The number of nitrogens with zero attached hydrogens (tertiary/aromatic N) is 2. The first-order chi connectivity index (χ1) is 9.88. The summed E-state index contributed by atoms with van der Waals surface area (Å²) in [5.41, 5.74) is 3.17. The number of aromatic amines is 1. The number of halogens is 2. The van der Waals surface area contributed by atoms with Crippen LogP contribution in [-0.4, -0.2) is 26.4 Å². The van der Waals surface area contributed by atoms with E-state index >= 15 is 0 Å². The number of benzene rings is 1. The summed E-state index contributed by atoms with van der Waals surface area (Å²) in [7, 11) is 0. The lowest BCUT2D eigenvalue weighted by molar-refractivity contribution is 0.442. The Labute approximate surface area is 136 Å². The summed E-state index contributed by atoms with van der Waals surface area (Å²) in [6.07, 6.45) is 1.33. The van der Waals surface area contributed by atoms with E-state index in [1.54, 1.807) is 6.92 Å². The van der Waals surface area contributed by atoms with Gasteiger partial charge in [0.25, 0.3) is 5.56 Å². The van der Waals surface area contributed by atoms with Crippen LogP contribution in [0.3, 0.4) is 0 Å². The van der Waals surface area contributed by atoms with Crippen molar-refractivity contribution >= 4 is 44.0 Å². The van der Waals surface area contributed by atoms with Gasteiger partial charge < -0.3 is 10.2 Å². The molecule has 21 heavy (non-hydrogen) atoms. The predicted octanol–water partition coefficient (Wildman–Crippen LogP) is 2.46. The number of hydrazone groups is 1. The van der Waals surface area contributed by atoms with Crippen LogP contribution in [0.2, 0.25) is 0 Å². The van der Waals surface area contributed by atoms with Gasteiger partial charge in [0.15, 0.2) is 0 Å². The molecule has 0 aliphatic heterocycles. The summed E-state index contributed by atoms with van der Waals surface area (Å²) in [6, 6.07) is 2.85. The predicted molar refractivity (Wildman–Crippen MR) is 86.0 cm³/mol. The van der Waals surface area contributed by atoms with E-state index in [9.17, 15) is 15.0 Å². The maximum absolute atomic E-state index is 11.3. The van der Waals surface area contributed by atoms with Crippen molar-refractivity contribution in [1.29, 1.82) is 0 Å². The molecule has 0 aliphatic carbocycles. The van der Waals surface area contributed by atoms with Gasteiger partial charge in [0, 0.05) is 17.3 Å². The van der Waals surface area contributed by atoms with Gasteiger partial charge in [-0.2, -0.15) is 5.10 Å². The number of hydrogen-bond acceptors (Lipinski definition) is 6. The minimum atomic E-state index is -0.293. The Balaban J connectivity index is 2.24. The van der Waals surface area contributed by atoms with Crippen LogP contribution in [0.1, 0.15) is 11.3 Å². The van der Waals surface area contributed by atoms with E-state index < -0.39 is 0 Å². The fourth-order valence-electron chi connectivity index (χ4n) is 1.51. The van der Waals surface area contributed by atoms with Gasteiger partial charge in [-0.1, -0.05) is 0 Å². The molecule has 4 N–H and O–H groups in total. The molecule has 0 radical (unpaired) electrons. The molecule has 0 saturated carbocycles.